The van der Waals surface area contributed by atoms with Crippen molar-refractivity contribution in [3.05, 3.63) is 35.9 Å². The Morgan fingerprint density at radius 1 is 1.18 bits per heavy atom. The predicted molar refractivity (Wildman–Crippen MR) is 85.7 cm³/mol. The van der Waals surface area contributed by atoms with Crippen LogP contribution in [0.15, 0.2) is 30.3 Å². The molecule has 2 atom stereocenters. The highest BCUT2D eigenvalue weighted by molar-refractivity contribution is 9.09. The Balaban J connectivity index is 2.20. The summed E-state index contributed by atoms with van der Waals surface area (Å²) in [4.78, 5) is 21.7. The van der Waals surface area contributed by atoms with E-state index < -0.39 is 12.1 Å². The number of carboxylic acid groups (broad SMARTS) is 1. The molecule has 2 unspecified atom stereocenters. The van der Waals surface area contributed by atoms with Crippen molar-refractivity contribution in [2.45, 2.75) is 49.6 Å². The molecule has 0 saturated carbocycles. The van der Waals surface area contributed by atoms with Gasteiger partial charge in [0.1, 0.15) is 6.61 Å². The molecule has 5 nitrogen and oxygen atoms in total. The summed E-state index contributed by atoms with van der Waals surface area (Å²) >= 11 is 3.28. The number of aliphatic hydroxyl groups excluding tert-OH is 1. The van der Waals surface area contributed by atoms with E-state index in [0.29, 0.717) is 19.3 Å². The van der Waals surface area contributed by atoms with Crippen LogP contribution in [-0.4, -0.2) is 33.1 Å². The van der Waals surface area contributed by atoms with Crippen LogP contribution in [0.25, 0.3) is 0 Å². The number of benzene rings is 1. The number of hydrogen-bond donors (Lipinski definition) is 2. The third kappa shape index (κ3) is 8.14. The smallest absolute Gasteiger partial charge is 0.307 e. The Bertz CT molecular complexity index is 463. The fraction of sp³-hybridized carbons (Fsp3) is 0.500. The lowest BCUT2D eigenvalue weighted by Crippen LogP contribution is -2.24. The van der Waals surface area contributed by atoms with Crippen LogP contribution in [-0.2, 0) is 20.9 Å². The van der Waals surface area contributed by atoms with Gasteiger partial charge in [-0.3, -0.25) is 9.59 Å². The molecule has 0 aliphatic rings. The van der Waals surface area contributed by atoms with Crippen molar-refractivity contribution in [3.63, 3.8) is 0 Å². The molecule has 0 bridgehead atoms. The molecule has 0 saturated heterocycles. The van der Waals surface area contributed by atoms with E-state index in [2.05, 4.69) is 15.9 Å². The van der Waals surface area contributed by atoms with Gasteiger partial charge in [0.25, 0.3) is 0 Å². The van der Waals surface area contributed by atoms with Crippen molar-refractivity contribution in [2.75, 3.05) is 0 Å². The lowest BCUT2D eigenvalue weighted by molar-refractivity contribution is -0.145. The van der Waals surface area contributed by atoms with Gasteiger partial charge in [-0.2, -0.15) is 0 Å². The molecule has 0 heterocycles. The second-order valence-electron chi connectivity index (χ2n) is 5.07. The van der Waals surface area contributed by atoms with Crippen molar-refractivity contribution in [3.8, 4) is 0 Å². The molecule has 6 heteroatoms. The highest BCUT2D eigenvalue weighted by atomic mass is 79.9. The lowest BCUT2D eigenvalue weighted by Gasteiger charge is -2.16. The average Bonchev–Trinajstić information content (AvgIpc) is 2.50. The Morgan fingerprint density at radius 3 is 2.50 bits per heavy atom. The maximum atomic E-state index is 11.7. The minimum absolute atomic E-state index is 0.0763. The molecule has 0 aromatic heterocycles. The number of esters is 1. The highest BCUT2D eigenvalue weighted by Gasteiger charge is 2.20. The standard InChI is InChI=1S/C16H21BrO5/c17-13(14(18)8-4-5-9-15(19)20)10-16(21)22-11-12-6-2-1-3-7-12/h1-3,6-7,13-14,18H,4-5,8-11H2,(H,19,20). The van der Waals surface area contributed by atoms with Gasteiger partial charge in [-0.15, -0.1) is 0 Å². The van der Waals surface area contributed by atoms with Crippen LogP contribution in [0.3, 0.4) is 0 Å². The van der Waals surface area contributed by atoms with Crippen molar-refractivity contribution in [1.82, 2.24) is 0 Å². The number of unbranched alkanes of at least 4 members (excludes halogenated alkanes) is 1. The van der Waals surface area contributed by atoms with Crippen LogP contribution in [0.5, 0.6) is 0 Å². The fourth-order valence-corrected chi connectivity index (χ4v) is 2.43. The van der Waals surface area contributed by atoms with E-state index in [1.807, 2.05) is 30.3 Å². The molecule has 0 amide bonds. The molecular formula is C16H21BrO5. The Labute approximate surface area is 138 Å². The summed E-state index contributed by atoms with van der Waals surface area (Å²) in [5, 5.41) is 18.4. The van der Waals surface area contributed by atoms with Gasteiger partial charge < -0.3 is 14.9 Å². The van der Waals surface area contributed by atoms with Crippen molar-refractivity contribution < 1.29 is 24.5 Å². The van der Waals surface area contributed by atoms with E-state index in [4.69, 9.17) is 9.84 Å². The van der Waals surface area contributed by atoms with E-state index in [1.165, 1.54) is 0 Å². The number of carbonyl (C=O) groups is 2. The number of aliphatic carboxylic acids is 1. The zero-order valence-corrected chi connectivity index (χ0v) is 13.9. The highest BCUT2D eigenvalue weighted by Crippen LogP contribution is 2.17. The van der Waals surface area contributed by atoms with E-state index in [-0.39, 0.29) is 30.2 Å². The zero-order valence-electron chi connectivity index (χ0n) is 12.3. The van der Waals surface area contributed by atoms with Crippen LogP contribution in [0, 0.1) is 0 Å². The molecule has 0 aliphatic heterocycles. The first kappa shape index (κ1) is 18.6. The zero-order chi connectivity index (χ0) is 16.4. The lowest BCUT2D eigenvalue weighted by atomic mass is 10.1. The second-order valence-corrected chi connectivity index (χ2v) is 6.25. The molecule has 122 valence electrons. The SMILES string of the molecule is O=C(O)CCCCC(O)C(Br)CC(=O)OCc1ccccc1. The van der Waals surface area contributed by atoms with Crippen molar-refractivity contribution >= 4 is 27.9 Å². The Hall–Kier alpha value is -1.40. The summed E-state index contributed by atoms with van der Waals surface area (Å²) in [6, 6.07) is 9.38. The Morgan fingerprint density at radius 2 is 1.86 bits per heavy atom. The van der Waals surface area contributed by atoms with Crippen molar-refractivity contribution in [2.24, 2.45) is 0 Å². The first-order valence-corrected chi connectivity index (χ1v) is 8.14. The van der Waals surface area contributed by atoms with Gasteiger partial charge in [0.2, 0.25) is 0 Å². The molecule has 1 aromatic carbocycles. The number of carboxylic acids is 1. The van der Waals surface area contributed by atoms with Gasteiger partial charge >= 0.3 is 11.9 Å². The normalized spacial score (nSPS) is 13.4. The number of aliphatic hydroxyl groups is 1. The molecule has 0 spiro atoms. The van der Waals surface area contributed by atoms with E-state index in [1.54, 1.807) is 0 Å². The summed E-state index contributed by atoms with van der Waals surface area (Å²) in [5.74, 6) is -1.22. The molecule has 0 aliphatic carbocycles. The van der Waals surface area contributed by atoms with E-state index >= 15 is 0 Å². The average molecular weight is 373 g/mol. The first-order valence-electron chi connectivity index (χ1n) is 7.22. The van der Waals surface area contributed by atoms with Gasteiger partial charge in [-0.1, -0.05) is 52.7 Å². The topological polar surface area (TPSA) is 83.8 Å². The quantitative estimate of drug-likeness (QED) is 0.374. The molecule has 0 radical (unpaired) electrons. The largest absolute Gasteiger partial charge is 0.481 e. The number of alkyl halides is 1. The predicted octanol–water partition coefficient (Wildman–Crippen LogP) is 2.89. The minimum Gasteiger partial charge on any atom is -0.481 e. The summed E-state index contributed by atoms with van der Waals surface area (Å²) in [6.45, 7) is 0.216. The summed E-state index contributed by atoms with van der Waals surface area (Å²) < 4.78 is 5.15. The van der Waals surface area contributed by atoms with E-state index in [9.17, 15) is 14.7 Å². The number of hydrogen-bond acceptors (Lipinski definition) is 4. The first-order chi connectivity index (χ1) is 10.5. The third-order valence-corrected chi connectivity index (χ3v) is 4.10. The molecule has 1 aromatic rings. The summed E-state index contributed by atoms with van der Waals surface area (Å²) in [7, 11) is 0. The van der Waals surface area contributed by atoms with Gasteiger partial charge in [-0.05, 0) is 18.4 Å². The van der Waals surface area contributed by atoms with Crippen molar-refractivity contribution in [1.29, 1.82) is 0 Å². The van der Waals surface area contributed by atoms with Gasteiger partial charge in [0, 0.05) is 6.42 Å². The van der Waals surface area contributed by atoms with Gasteiger partial charge in [0.15, 0.2) is 0 Å². The summed E-state index contributed by atoms with van der Waals surface area (Å²) in [6.07, 6.45) is 1.05. The number of ether oxygens (including phenoxy) is 1. The maximum Gasteiger partial charge on any atom is 0.307 e. The fourth-order valence-electron chi connectivity index (χ4n) is 1.90. The second kappa shape index (κ2) is 10.3. The van der Waals surface area contributed by atoms with E-state index in [0.717, 1.165) is 5.56 Å². The minimum atomic E-state index is -0.839. The molecule has 2 N–H and O–H groups in total. The summed E-state index contributed by atoms with van der Waals surface area (Å²) in [5.41, 5.74) is 0.913. The van der Waals surface area contributed by atoms with Crippen LogP contribution in [0.1, 0.15) is 37.7 Å². The number of carbonyl (C=O) groups excluding carboxylic acids is 1. The van der Waals surface area contributed by atoms with Gasteiger partial charge in [0.05, 0.1) is 17.4 Å². The Kier molecular flexibility index (Phi) is 8.77. The van der Waals surface area contributed by atoms with Crippen LogP contribution in [0.2, 0.25) is 0 Å². The maximum absolute atomic E-state index is 11.7. The van der Waals surface area contributed by atoms with Gasteiger partial charge in [-0.25, -0.2) is 0 Å². The molecule has 22 heavy (non-hydrogen) atoms. The number of halogens is 1. The molecule has 0 fully saturated rings. The molecule has 1 rings (SSSR count). The van der Waals surface area contributed by atoms with Crippen LogP contribution >= 0.6 is 15.9 Å². The molecular weight excluding hydrogens is 352 g/mol. The third-order valence-electron chi connectivity index (χ3n) is 3.16. The monoisotopic (exact) mass is 372 g/mol. The van der Waals surface area contributed by atoms with Crippen LogP contribution in [0.4, 0.5) is 0 Å². The van der Waals surface area contributed by atoms with Crippen LogP contribution < -0.4 is 0 Å². The number of rotatable bonds is 10.